The molecule has 0 aromatic carbocycles. The highest BCUT2D eigenvalue weighted by Gasteiger charge is 2.11. The summed E-state index contributed by atoms with van der Waals surface area (Å²) in [6, 6.07) is 0. The molecule has 0 fully saturated rings. The van der Waals surface area contributed by atoms with Crippen molar-refractivity contribution in [2.45, 2.75) is 78.0 Å². The van der Waals surface area contributed by atoms with E-state index in [1.807, 2.05) is 0 Å². The molecule has 0 amide bonds. The van der Waals surface area contributed by atoms with Crippen molar-refractivity contribution in [3.63, 3.8) is 0 Å². The molecule has 148 valence electrons. The lowest BCUT2D eigenvalue weighted by Crippen LogP contribution is -2.41. The van der Waals surface area contributed by atoms with Gasteiger partial charge < -0.3 is 25.4 Å². The highest BCUT2D eigenvalue weighted by molar-refractivity contribution is 5.89. The molecule has 0 aromatic heterocycles. The number of hydrogen-bond donors (Lipinski definition) is 4. The maximum atomic E-state index is 9.57. The summed E-state index contributed by atoms with van der Waals surface area (Å²) < 4.78 is 5.34. The van der Waals surface area contributed by atoms with Crippen LogP contribution in [0.3, 0.4) is 0 Å². The summed E-state index contributed by atoms with van der Waals surface area (Å²) >= 11 is 0. The van der Waals surface area contributed by atoms with E-state index in [1.54, 1.807) is 0 Å². The number of carboxylic acids is 2. The van der Waals surface area contributed by atoms with E-state index in [4.69, 9.17) is 14.9 Å². The maximum absolute atomic E-state index is 9.57. The van der Waals surface area contributed by atoms with Crippen LogP contribution < -0.4 is 5.32 Å². The van der Waals surface area contributed by atoms with Crippen molar-refractivity contribution >= 4 is 11.9 Å². The van der Waals surface area contributed by atoms with Gasteiger partial charge in [0.1, 0.15) is 0 Å². The van der Waals surface area contributed by atoms with Crippen molar-refractivity contribution in [2.75, 3.05) is 13.2 Å². The van der Waals surface area contributed by atoms with Gasteiger partial charge >= 0.3 is 11.9 Å². The molecule has 0 aliphatic carbocycles. The normalized spacial score (nSPS) is 12.5. The van der Waals surface area contributed by atoms with Crippen molar-refractivity contribution in [2.24, 2.45) is 0 Å². The van der Waals surface area contributed by atoms with Crippen LogP contribution in [0, 0.1) is 0 Å². The summed E-state index contributed by atoms with van der Waals surface area (Å²) in [6.45, 7) is 9.62. The minimum atomic E-state index is -1.26. The van der Waals surface area contributed by atoms with Gasteiger partial charge in [0.05, 0.1) is 0 Å². The number of carbonyl (C=O) groups is 2. The fourth-order valence-electron chi connectivity index (χ4n) is 1.70. The van der Waals surface area contributed by atoms with Gasteiger partial charge in [-0.1, -0.05) is 39.0 Å². The Kier molecular flexibility index (Phi) is 16.6. The lowest BCUT2D eigenvalue weighted by atomic mass is 10.1. The van der Waals surface area contributed by atoms with Crippen molar-refractivity contribution in [1.29, 1.82) is 0 Å². The van der Waals surface area contributed by atoms with Gasteiger partial charge in [0, 0.05) is 30.8 Å². The predicted octanol–water partition coefficient (Wildman–Crippen LogP) is 2.78. The molecule has 0 aromatic rings. The molecule has 4 N–H and O–H groups in total. The minimum absolute atomic E-state index is 0.0322. The van der Waals surface area contributed by atoms with Gasteiger partial charge in [-0.3, -0.25) is 0 Å². The average Bonchev–Trinajstić information content (AvgIpc) is 2.50. The van der Waals surface area contributed by atoms with Crippen molar-refractivity contribution in [3.05, 3.63) is 12.2 Å². The molecule has 0 bridgehead atoms. The van der Waals surface area contributed by atoms with Gasteiger partial charge in [0.25, 0.3) is 0 Å². The van der Waals surface area contributed by atoms with Crippen LogP contribution in [-0.2, 0) is 14.3 Å². The zero-order valence-electron chi connectivity index (χ0n) is 16.0. The van der Waals surface area contributed by atoms with Crippen molar-refractivity contribution < 1.29 is 29.6 Å². The third-order valence-electron chi connectivity index (χ3n) is 2.98. The number of carboxylic acid groups (broad SMARTS) is 2. The summed E-state index contributed by atoms with van der Waals surface area (Å²) in [5.41, 5.74) is 0.0322. The number of hydrogen-bond acceptors (Lipinski definition) is 5. The first-order chi connectivity index (χ1) is 11.6. The Balaban J connectivity index is 0. The third kappa shape index (κ3) is 27.7. The SMILES string of the molecule is CCCCCCCCOC(O)CNC(C)(C)C.O=C(O)/C=C/C(=O)O. The second-order valence-corrected chi connectivity index (χ2v) is 6.73. The molecule has 0 aliphatic rings. The number of nitrogens with one attached hydrogen (secondary N) is 1. The first-order valence-corrected chi connectivity index (χ1v) is 8.77. The van der Waals surface area contributed by atoms with Gasteiger partial charge in [-0.15, -0.1) is 0 Å². The van der Waals surface area contributed by atoms with Crippen LogP contribution in [0.4, 0.5) is 0 Å². The highest BCUT2D eigenvalue weighted by atomic mass is 16.6. The molecule has 0 rings (SSSR count). The molecule has 1 unspecified atom stereocenters. The van der Waals surface area contributed by atoms with Crippen LogP contribution in [0.2, 0.25) is 0 Å². The number of aliphatic hydroxyl groups is 1. The van der Waals surface area contributed by atoms with E-state index < -0.39 is 18.2 Å². The monoisotopic (exact) mass is 361 g/mol. The summed E-state index contributed by atoms with van der Waals surface area (Å²) in [5.74, 6) is -2.51. The Hall–Kier alpha value is -1.44. The van der Waals surface area contributed by atoms with E-state index in [9.17, 15) is 14.7 Å². The highest BCUT2D eigenvalue weighted by Crippen LogP contribution is 2.05. The number of ether oxygens (including phenoxy) is 1. The first kappa shape index (κ1) is 25.8. The Bertz CT molecular complexity index is 360. The molecule has 0 spiro atoms. The quantitative estimate of drug-likeness (QED) is 0.240. The molecule has 7 heteroatoms. The molecule has 0 radical (unpaired) electrons. The van der Waals surface area contributed by atoms with Crippen molar-refractivity contribution in [1.82, 2.24) is 5.32 Å². The molecule has 0 aliphatic heterocycles. The van der Waals surface area contributed by atoms with Crippen LogP contribution in [0.25, 0.3) is 0 Å². The van der Waals surface area contributed by atoms with E-state index in [2.05, 4.69) is 33.0 Å². The summed E-state index contributed by atoms with van der Waals surface area (Å²) in [6.07, 6.45) is 7.93. The fourth-order valence-corrected chi connectivity index (χ4v) is 1.70. The lowest BCUT2D eigenvalue weighted by Gasteiger charge is -2.22. The van der Waals surface area contributed by atoms with E-state index >= 15 is 0 Å². The topological polar surface area (TPSA) is 116 Å². The van der Waals surface area contributed by atoms with Crippen LogP contribution in [0.1, 0.15) is 66.2 Å². The van der Waals surface area contributed by atoms with Crippen molar-refractivity contribution in [3.8, 4) is 0 Å². The maximum Gasteiger partial charge on any atom is 0.328 e. The molecule has 25 heavy (non-hydrogen) atoms. The molecule has 0 saturated carbocycles. The summed E-state index contributed by atoms with van der Waals surface area (Å²) in [7, 11) is 0. The van der Waals surface area contributed by atoms with Gasteiger partial charge in [-0.05, 0) is 27.2 Å². The number of β-amino-alcohol motifs (C(OH)–C–C–N with tert-alkyl or cyclic N) is 1. The van der Waals surface area contributed by atoms with Crippen LogP contribution >= 0.6 is 0 Å². The van der Waals surface area contributed by atoms with Crippen LogP contribution in [-0.4, -0.2) is 52.2 Å². The zero-order valence-corrected chi connectivity index (χ0v) is 16.0. The van der Waals surface area contributed by atoms with Gasteiger partial charge in [-0.2, -0.15) is 0 Å². The van der Waals surface area contributed by atoms with Crippen LogP contribution in [0.15, 0.2) is 12.2 Å². The van der Waals surface area contributed by atoms with Gasteiger partial charge in [-0.25, -0.2) is 9.59 Å². The predicted molar refractivity (Wildman–Crippen MR) is 97.5 cm³/mol. The van der Waals surface area contributed by atoms with Gasteiger partial charge in [0.15, 0.2) is 6.29 Å². The summed E-state index contributed by atoms with van der Waals surface area (Å²) in [4.78, 5) is 19.1. The molecular weight excluding hydrogens is 326 g/mol. The zero-order chi connectivity index (χ0) is 19.7. The molecule has 0 heterocycles. The second-order valence-electron chi connectivity index (χ2n) is 6.73. The number of rotatable bonds is 12. The molecule has 0 saturated heterocycles. The summed E-state index contributed by atoms with van der Waals surface area (Å²) in [5, 5.41) is 28.4. The van der Waals surface area contributed by atoms with E-state index in [-0.39, 0.29) is 5.54 Å². The van der Waals surface area contributed by atoms with E-state index in [0.717, 1.165) is 6.42 Å². The molecule has 1 atom stereocenters. The van der Waals surface area contributed by atoms with Gasteiger partial charge in [0.2, 0.25) is 0 Å². The fraction of sp³-hybridized carbons (Fsp3) is 0.778. The largest absolute Gasteiger partial charge is 0.478 e. The van der Waals surface area contributed by atoms with E-state index in [1.165, 1.54) is 32.1 Å². The first-order valence-electron chi connectivity index (χ1n) is 8.77. The Morgan fingerprint density at radius 2 is 1.48 bits per heavy atom. The number of aliphatic carboxylic acids is 2. The molecular formula is C18H35NO6. The standard InChI is InChI=1S/C14H31NO2.C4H4O4/c1-5-6-7-8-9-10-11-17-13(16)12-15-14(2,3)4;5-3(6)1-2-4(7)8/h13,15-16H,5-12H2,1-4H3;1-2H,(H,5,6)(H,7,8)/b;2-1+. The minimum Gasteiger partial charge on any atom is -0.478 e. The van der Waals surface area contributed by atoms with E-state index in [0.29, 0.717) is 25.3 Å². The second kappa shape index (κ2) is 16.1. The lowest BCUT2D eigenvalue weighted by molar-refractivity contribution is -0.134. The Morgan fingerprint density at radius 1 is 1.00 bits per heavy atom. The number of aliphatic hydroxyl groups excluding tert-OH is 1. The smallest absolute Gasteiger partial charge is 0.328 e. The Labute approximate surface area is 151 Å². The number of unbranched alkanes of at least 4 members (excludes halogenated alkanes) is 5. The Morgan fingerprint density at radius 3 is 1.92 bits per heavy atom. The molecule has 7 nitrogen and oxygen atoms in total. The van der Waals surface area contributed by atoms with Crippen LogP contribution in [0.5, 0.6) is 0 Å². The third-order valence-corrected chi connectivity index (χ3v) is 2.98. The average molecular weight is 361 g/mol.